The van der Waals surface area contributed by atoms with Crippen molar-refractivity contribution in [2.24, 2.45) is 5.41 Å². The van der Waals surface area contributed by atoms with Crippen LogP contribution in [-0.4, -0.2) is 45.4 Å². The summed E-state index contributed by atoms with van der Waals surface area (Å²) in [5.41, 5.74) is -0.447. The highest BCUT2D eigenvalue weighted by molar-refractivity contribution is 7.86. The third-order valence-electron chi connectivity index (χ3n) is 4.48. The number of amides is 1. The molecule has 0 aliphatic rings. The van der Waals surface area contributed by atoms with Gasteiger partial charge in [-0.3, -0.25) is 4.72 Å². The van der Waals surface area contributed by atoms with Crippen LogP contribution < -0.4 is 10.0 Å². The number of benzene rings is 1. The minimum atomic E-state index is -2.03. The maximum atomic E-state index is 14.7. The van der Waals surface area contributed by atoms with Gasteiger partial charge in [0.1, 0.15) is 11.4 Å². The molecule has 1 amide bonds. The highest BCUT2D eigenvalue weighted by Crippen LogP contribution is 2.30. The Morgan fingerprint density at radius 2 is 1.91 bits per heavy atom. The van der Waals surface area contributed by atoms with Gasteiger partial charge in [0.15, 0.2) is 21.2 Å². The Balaban J connectivity index is 2.16. The predicted molar refractivity (Wildman–Crippen MR) is 134 cm³/mol. The van der Waals surface area contributed by atoms with Crippen molar-refractivity contribution in [3.05, 3.63) is 34.3 Å². The first-order chi connectivity index (χ1) is 15.6. The molecule has 1 heterocycles. The molecule has 1 aromatic heterocycles. The van der Waals surface area contributed by atoms with Gasteiger partial charge >= 0.3 is 6.09 Å². The summed E-state index contributed by atoms with van der Waals surface area (Å²) in [5, 5.41) is 2.74. The predicted octanol–water partition coefficient (Wildman–Crippen LogP) is 6.29. The summed E-state index contributed by atoms with van der Waals surface area (Å²) < 4.78 is 48.3. The number of anilines is 2. The van der Waals surface area contributed by atoms with E-state index in [4.69, 9.17) is 16.3 Å². The number of thiazole rings is 1. The first-order valence-electron chi connectivity index (χ1n) is 10.5. The highest BCUT2D eigenvalue weighted by Gasteiger charge is 2.29. The van der Waals surface area contributed by atoms with Crippen molar-refractivity contribution in [3.8, 4) is 0 Å². The molecule has 2 aromatic rings. The second kappa shape index (κ2) is 11.2. The minimum absolute atomic E-state index is 0.0590. The molecule has 2 unspecified atom stereocenters. The summed E-state index contributed by atoms with van der Waals surface area (Å²) in [6, 6.07) is 2.11. The van der Waals surface area contributed by atoms with E-state index in [2.05, 4.69) is 35.8 Å². The fourth-order valence-corrected chi connectivity index (χ4v) is 4.87. The van der Waals surface area contributed by atoms with Crippen LogP contribution in [0.25, 0.3) is 0 Å². The van der Waals surface area contributed by atoms with Gasteiger partial charge in [-0.1, -0.05) is 43.7 Å². The second-order valence-electron chi connectivity index (χ2n) is 9.99. The molecule has 190 valence electrons. The molecule has 1 aromatic carbocycles. The lowest BCUT2D eigenvalue weighted by Gasteiger charge is -2.34. The van der Waals surface area contributed by atoms with E-state index >= 15 is 0 Å². The number of rotatable bonds is 8. The monoisotopic (exact) mass is 536 g/mol. The van der Waals surface area contributed by atoms with Gasteiger partial charge in [0.25, 0.3) is 0 Å². The van der Waals surface area contributed by atoms with Crippen molar-refractivity contribution in [2.75, 3.05) is 23.6 Å². The fourth-order valence-electron chi connectivity index (χ4n) is 3.01. The Morgan fingerprint density at radius 1 is 1.26 bits per heavy atom. The molecular formula is C22H31ClF2N4O3S2. The molecular weight excluding hydrogens is 506 g/mol. The van der Waals surface area contributed by atoms with Crippen molar-refractivity contribution in [2.45, 2.75) is 64.5 Å². The topological polar surface area (TPSA) is 83.6 Å². The normalized spacial score (nSPS) is 13.8. The number of nitrogens with one attached hydrogen (secondary N) is 2. The van der Waals surface area contributed by atoms with Crippen molar-refractivity contribution in [1.82, 2.24) is 9.88 Å². The summed E-state index contributed by atoms with van der Waals surface area (Å²) >= 11 is 6.98. The average molecular weight is 537 g/mol. The lowest BCUT2D eigenvalue weighted by Crippen LogP contribution is -2.45. The van der Waals surface area contributed by atoms with Crippen LogP contribution in [0.4, 0.5) is 24.4 Å². The Bertz CT molecular complexity index is 1040. The second-order valence-corrected chi connectivity index (χ2v) is 12.6. The smallest absolute Gasteiger partial charge is 0.410 e. The summed E-state index contributed by atoms with van der Waals surface area (Å²) in [6.07, 6.45) is 1.16. The average Bonchev–Trinajstić information content (AvgIpc) is 3.08. The van der Waals surface area contributed by atoms with E-state index in [0.29, 0.717) is 17.8 Å². The van der Waals surface area contributed by atoms with Gasteiger partial charge in [-0.25, -0.2) is 18.4 Å². The molecule has 0 saturated heterocycles. The molecule has 0 aliphatic carbocycles. The van der Waals surface area contributed by atoms with Gasteiger partial charge in [0.05, 0.1) is 27.8 Å². The molecule has 2 atom stereocenters. The van der Waals surface area contributed by atoms with E-state index in [0.717, 1.165) is 12.3 Å². The molecule has 0 radical (unpaired) electrons. The molecule has 0 spiro atoms. The molecule has 7 nitrogen and oxygen atoms in total. The standard InChI is InChI=1S/C22H31ClF2N4O3S2/c1-21(2,3)10-13(29(7)20(30)32-22(4,5)6)11-26-16-9-15(24)17(8-14(16)23)34(31)28-19-27-12-18(25)33-19/h8-9,12-13,26H,10-11H2,1-7H3,(H,27,28). The van der Waals surface area contributed by atoms with Crippen LogP contribution in [0.5, 0.6) is 0 Å². The molecule has 34 heavy (non-hydrogen) atoms. The number of halogens is 3. The lowest BCUT2D eigenvalue weighted by atomic mass is 9.87. The van der Waals surface area contributed by atoms with Crippen molar-refractivity contribution >= 4 is 50.8 Å². The van der Waals surface area contributed by atoms with Crippen LogP contribution in [0.1, 0.15) is 48.0 Å². The number of likely N-dealkylation sites (N-methyl/N-ethyl adjacent to an activating group) is 1. The van der Waals surface area contributed by atoms with E-state index in [-0.39, 0.29) is 38.7 Å². The molecule has 2 rings (SSSR count). The summed E-state index contributed by atoms with van der Waals surface area (Å²) in [5.74, 6) is -0.761. The molecule has 2 N–H and O–H groups in total. The van der Waals surface area contributed by atoms with E-state index < -0.39 is 33.6 Å². The van der Waals surface area contributed by atoms with Crippen LogP contribution >= 0.6 is 22.9 Å². The van der Waals surface area contributed by atoms with Gasteiger partial charge in [0, 0.05) is 13.6 Å². The number of aromatic nitrogens is 1. The van der Waals surface area contributed by atoms with Crippen LogP contribution in [0, 0.1) is 16.4 Å². The molecule has 0 bridgehead atoms. The maximum absolute atomic E-state index is 14.7. The first-order valence-corrected chi connectivity index (χ1v) is 12.9. The van der Waals surface area contributed by atoms with Gasteiger partial charge in [-0.05, 0) is 44.7 Å². The zero-order chi connectivity index (χ0) is 25.8. The molecule has 0 saturated carbocycles. The zero-order valence-corrected chi connectivity index (χ0v) is 22.7. The molecule has 0 aliphatic heterocycles. The Hall–Kier alpha value is -1.98. The van der Waals surface area contributed by atoms with Gasteiger partial charge < -0.3 is 15.0 Å². The summed E-state index contributed by atoms with van der Waals surface area (Å²) in [6.45, 7) is 11.8. The van der Waals surface area contributed by atoms with E-state index in [1.807, 2.05) is 0 Å². The van der Waals surface area contributed by atoms with Gasteiger partial charge in [-0.15, -0.1) is 0 Å². The van der Waals surface area contributed by atoms with E-state index in [1.54, 1.807) is 27.8 Å². The zero-order valence-electron chi connectivity index (χ0n) is 20.3. The Morgan fingerprint density at radius 3 is 2.44 bits per heavy atom. The quantitative estimate of drug-likeness (QED) is 0.414. The van der Waals surface area contributed by atoms with Crippen molar-refractivity contribution in [3.63, 3.8) is 0 Å². The number of carbonyl (C=O) groups is 1. The van der Waals surface area contributed by atoms with Crippen LogP contribution in [-0.2, 0) is 15.7 Å². The number of hydrogen-bond donors (Lipinski definition) is 2. The third kappa shape index (κ3) is 8.66. The minimum Gasteiger partial charge on any atom is -0.444 e. The van der Waals surface area contributed by atoms with Gasteiger partial charge in [0.2, 0.25) is 0 Å². The fraction of sp³-hybridized carbons (Fsp3) is 0.545. The summed E-state index contributed by atoms with van der Waals surface area (Å²) in [7, 11) is -0.366. The largest absolute Gasteiger partial charge is 0.444 e. The molecule has 0 fully saturated rings. The summed E-state index contributed by atoms with van der Waals surface area (Å²) in [4.78, 5) is 17.7. The first kappa shape index (κ1) is 28.3. The number of hydrogen-bond acceptors (Lipinski definition) is 6. The third-order valence-corrected chi connectivity index (χ3v) is 6.72. The number of carbonyl (C=O) groups excluding carboxylic acids is 1. The SMILES string of the molecule is CN(C(=O)OC(C)(C)C)C(CNc1cc(F)c(S(=O)Nc2ncc(F)s2)cc1Cl)CC(C)(C)C. The molecule has 12 heteroatoms. The number of ether oxygens (including phenoxy) is 1. The van der Waals surface area contributed by atoms with Gasteiger partial charge in [-0.2, -0.15) is 4.39 Å². The lowest BCUT2D eigenvalue weighted by molar-refractivity contribution is 0.0199. The van der Waals surface area contributed by atoms with Crippen LogP contribution in [0.2, 0.25) is 5.02 Å². The Kier molecular flexibility index (Phi) is 9.29. The van der Waals surface area contributed by atoms with Crippen molar-refractivity contribution in [1.29, 1.82) is 0 Å². The Labute approximate surface area is 210 Å². The highest BCUT2D eigenvalue weighted by atomic mass is 35.5. The van der Waals surface area contributed by atoms with Crippen LogP contribution in [0.3, 0.4) is 0 Å². The number of nitrogens with zero attached hydrogens (tertiary/aromatic N) is 2. The van der Waals surface area contributed by atoms with Crippen LogP contribution in [0.15, 0.2) is 23.2 Å². The van der Waals surface area contributed by atoms with Crippen molar-refractivity contribution < 1.29 is 22.5 Å². The van der Waals surface area contributed by atoms with E-state index in [1.165, 1.54) is 11.0 Å². The maximum Gasteiger partial charge on any atom is 0.410 e. The van der Waals surface area contributed by atoms with E-state index in [9.17, 15) is 17.8 Å².